The van der Waals surface area contributed by atoms with Crippen LogP contribution in [0.1, 0.15) is 16.1 Å². The maximum Gasteiger partial charge on any atom is 0.409 e. The van der Waals surface area contributed by atoms with Crippen LogP contribution in [0.2, 0.25) is 0 Å². The zero-order valence-corrected chi connectivity index (χ0v) is 11.0. The van der Waals surface area contributed by atoms with Gasteiger partial charge < -0.3 is 16.2 Å². The number of nitrogens with one attached hydrogen (secondary N) is 2. The minimum absolute atomic E-state index is 0.296. The molecule has 0 radical (unpaired) electrons. The van der Waals surface area contributed by atoms with E-state index >= 15 is 0 Å². The van der Waals surface area contributed by atoms with Gasteiger partial charge in [-0.3, -0.25) is 15.1 Å². The molecule has 1 heterocycles. The van der Waals surface area contributed by atoms with Crippen molar-refractivity contribution >= 4 is 23.4 Å². The first-order valence-corrected chi connectivity index (χ1v) is 6.15. The van der Waals surface area contributed by atoms with Crippen molar-refractivity contribution in [3.05, 3.63) is 53.9 Å². The van der Waals surface area contributed by atoms with Crippen LogP contribution in [0, 0.1) is 0 Å². The third-order valence-electron chi connectivity index (χ3n) is 2.71. The van der Waals surface area contributed by atoms with E-state index in [1.54, 1.807) is 36.4 Å². The molecule has 0 atom stereocenters. The van der Waals surface area contributed by atoms with Crippen molar-refractivity contribution in [1.82, 2.24) is 4.98 Å². The van der Waals surface area contributed by atoms with Gasteiger partial charge in [-0.2, -0.15) is 0 Å². The van der Waals surface area contributed by atoms with Gasteiger partial charge in [0.15, 0.2) is 0 Å². The Morgan fingerprint density at radius 1 is 1.10 bits per heavy atom. The summed E-state index contributed by atoms with van der Waals surface area (Å²) >= 11 is 0. The largest absolute Gasteiger partial charge is 0.465 e. The summed E-state index contributed by atoms with van der Waals surface area (Å²) in [5, 5.41) is 13.6. The number of carbonyl (C=O) groups is 2. The highest BCUT2D eigenvalue weighted by molar-refractivity contribution is 6.06. The second-order valence-electron chi connectivity index (χ2n) is 4.17. The molecule has 7 nitrogen and oxygen atoms in total. The predicted molar refractivity (Wildman–Crippen MR) is 78.2 cm³/mol. The Balaban J connectivity index is 2.17. The maximum atomic E-state index is 12.1. The molecule has 1 aromatic carbocycles. The standard InChI is InChI=1S/C14H14N4O3/c15-7-10-6-5-9(8-16-10)13(19)17-11-3-1-2-4-12(11)18-14(20)21/h1-6,8,18H,7,15H2,(H,17,19)(H,20,21). The Morgan fingerprint density at radius 3 is 2.29 bits per heavy atom. The SMILES string of the molecule is NCc1ccc(C(=O)Nc2ccccc2NC(=O)O)cn1. The van der Waals surface area contributed by atoms with Gasteiger partial charge in [0.2, 0.25) is 0 Å². The fourth-order valence-electron chi connectivity index (χ4n) is 1.69. The Kier molecular flexibility index (Phi) is 4.47. The number of rotatable bonds is 4. The van der Waals surface area contributed by atoms with Crippen LogP contribution < -0.4 is 16.4 Å². The molecule has 0 aliphatic carbocycles. The Labute approximate surface area is 120 Å². The van der Waals surface area contributed by atoms with E-state index < -0.39 is 6.09 Å². The lowest BCUT2D eigenvalue weighted by molar-refractivity contribution is 0.102. The summed E-state index contributed by atoms with van der Waals surface area (Å²) < 4.78 is 0. The Morgan fingerprint density at radius 2 is 1.76 bits per heavy atom. The third-order valence-corrected chi connectivity index (χ3v) is 2.71. The summed E-state index contributed by atoms with van der Waals surface area (Å²) in [4.78, 5) is 26.8. The molecule has 0 unspecified atom stereocenters. The fraction of sp³-hybridized carbons (Fsp3) is 0.0714. The molecule has 7 heteroatoms. The highest BCUT2D eigenvalue weighted by atomic mass is 16.4. The first kappa shape index (κ1) is 14.5. The molecule has 108 valence electrons. The molecule has 2 amide bonds. The van der Waals surface area contributed by atoms with Crippen LogP contribution in [-0.2, 0) is 6.54 Å². The lowest BCUT2D eigenvalue weighted by Gasteiger charge is -2.10. The lowest BCUT2D eigenvalue weighted by Crippen LogP contribution is -2.16. The molecule has 0 fully saturated rings. The van der Waals surface area contributed by atoms with Crippen molar-refractivity contribution in [2.45, 2.75) is 6.54 Å². The van der Waals surface area contributed by atoms with Gasteiger partial charge in [-0.1, -0.05) is 12.1 Å². The van der Waals surface area contributed by atoms with E-state index in [9.17, 15) is 9.59 Å². The zero-order chi connectivity index (χ0) is 15.2. The minimum atomic E-state index is -1.20. The van der Waals surface area contributed by atoms with Gasteiger partial charge in [-0.25, -0.2) is 4.79 Å². The molecule has 1 aromatic heterocycles. The molecule has 5 N–H and O–H groups in total. The lowest BCUT2D eigenvalue weighted by atomic mass is 10.2. The average Bonchev–Trinajstić information content (AvgIpc) is 2.49. The summed E-state index contributed by atoms with van der Waals surface area (Å²) in [5.74, 6) is -0.384. The number of amides is 2. The fourth-order valence-corrected chi connectivity index (χ4v) is 1.69. The number of anilines is 2. The monoisotopic (exact) mass is 286 g/mol. The molecule has 0 bridgehead atoms. The number of pyridine rings is 1. The number of aromatic nitrogens is 1. The number of benzene rings is 1. The first-order chi connectivity index (χ1) is 10.1. The minimum Gasteiger partial charge on any atom is -0.465 e. The summed E-state index contributed by atoms with van der Waals surface area (Å²) in [6.07, 6.45) is 0.218. The summed E-state index contributed by atoms with van der Waals surface area (Å²) in [7, 11) is 0. The Hall–Kier alpha value is -2.93. The van der Waals surface area contributed by atoms with Crippen LogP contribution in [0.25, 0.3) is 0 Å². The van der Waals surface area contributed by atoms with E-state index in [2.05, 4.69) is 15.6 Å². The van der Waals surface area contributed by atoms with E-state index in [4.69, 9.17) is 10.8 Å². The van der Waals surface area contributed by atoms with E-state index in [0.717, 1.165) is 0 Å². The van der Waals surface area contributed by atoms with E-state index in [-0.39, 0.29) is 5.91 Å². The smallest absolute Gasteiger partial charge is 0.409 e. The van der Waals surface area contributed by atoms with Gasteiger partial charge in [-0.15, -0.1) is 0 Å². The maximum absolute atomic E-state index is 12.1. The van der Waals surface area contributed by atoms with Crippen molar-refractivity contribution in [2.24, 2.45) is 5.73 Å². The predicted octanol–water partition coefficient (Wildman–Crippen LogP) is 1.88. The van der Waals surface area contributed by atoms with Crippen molar-refractivity contribution in [3.63, 3.8) is 0 Å². The molecule has 0 saturated carbocycles. The van der Waals surface area contributed by atoms with Gasteiger partial charge in [0.05, 0.1) is 22.6 Å². The van der Waals surface area contributed by atoms with Crippen molar-refractivity contribution in [1.29, 1.82) is 0 Å². The molecular weight excluding hydrogens is 272 g/mol. The van der Waals surface area contributed by atoms with E-state index in [0.29, 0.717) is 29.2 Å². The number of para-hydroxylation sites is 2. The van der Waals surface area contributed by atoms with E-state index in [1.807, 2.05) is 0 Å². The van der Waals surface area contributed by atoms with Crippen LogP contribution >= 0.6 is 0 Å². The third kappa shape index (κ3) is 3.77. The second-order valence-corrected chi connectivity index (χ2v) is 4.17. The van der Waals surface area contributed by atoms with Crippen LogP contribution in [0.5, 0.6) is 0 Å². The molecule has 0 spiro atoms. The second kappa shape index (κ2) is 6.49. The van der Waals surface area contributed by atoms with Gasteiger partial charge in [0.1, 0.15) is 0 Å². The molecule has 0 aliphatic heterocycles. The van der Waals surface area contributed by atoms with Crippen LogP contribution in [-0.4, -0.2) is 22.1 Å². The molecule has 0 saturated heterocycles. The summed E-state index contributed by atoms with van der Waals surface area (Å²) in [6, 6.07) is 9.79. The van der Waals surface area contributed by atoms with Gasteiger partial charge in [0, 0.05) is 12.7 Å². The zero-order valence-electron chi connectivity index (χ0n) is 11.0. The molecular formula is C14H14N4O3. The molecule has 0 aliphatic rings. The number of hydrogen-bond acceptors (Lipinski definition) is 4. The van der Waals surface area contributed by atoms with E-state index in [1.165, 1.54) is 6.20 Å². The normalized spacial score (nSPS) is 9.95. The van der Waals surface area contributed by atoms with Crippen LogP contribution in [0.3, 0.4) is 0 Å². The van der Waals surface area contributed by atoms with Crippen molar-refractivity contribution in [2.75, 3.05) is 10.6 Å². The van der Waals surface area contributed by atoms with Gasteiger partial charge >= 0.3 is 6.09 Å². The highest BCUT2D eigenvalue weighted by Gasteiger charge is 2.10. The average molecular weight is 286 g/mol. The van der Waals surface area contributed by atoms with Crippen molar-refractivity contribution in [3.8, 4) is 0 Å². The van der Waals surface area contributed by atoms with Gasteiger partial charge in [-0.05, 0) is 24.3 Å². The number of hydrogen-bond donors (Lipinski definition) is 4. The number of carboxylic acid groups (broad SMARTS) is 1. The molecule has 2 aromatic rings. The van der Waals surface area contributed by atoms with Gasteiger partial charge in [0.25, 0.3) is 5.91 Å². The molecule has 2 rings (SSSR count). The number of carbonyl (C=O) groups excluding carboxylic acids is 1. The van der Waals surface area contributed by atoms with Crippen molar-refractivity contribution < 1.29 is 14.7 Å². The summed E-state index contributed by atoms with van der Waals surface area (Å²) in [5.41, 5.74) is 7.14. The highest BCUT2D eigenvalue weighted by Crippen LogP contribution is 2.21. The molecule has 21 heavy (non-hydrogen) atoms. The first-order valence-electron chi connectivity index (χ1n) is 6.15. The number of nitrogens with two attached hydrogens (primary N) is 1. The number of nitrogens with zero attached hydrogens (tertiary/aromatic N) is 1. The summed E-state index contributed by atoms with van der Waals surface area (Å²) in [6.45, 7) is 0.299. The Bertz CT molecular complexity index is 656. The quantitative estimate of drug-likeness (QED) is 0.684. The van der Waals surface area contributed by atoms with Crippen LogP contribution in [0.4, 0.5) is 16.2 Å². The topological polar surface area (TPSA) is 117 Å². The van der Waals surface area contributed by atoms with Crippen LogP contribution in [0.15, 0.2) is 42.6 Å².